The third-order valence-electron chi connectivity index (χ3n) is 4.99. The highest BCUT2D eigenvalue weighted by atomic mass is 16.6. The van der Waals surface area contributed by atoms with Crippen molar-refractivity contribution in [3.8, 4) is 34.6 Å². The lowest BCUT2D eigenvalue weighted by Gasteiger charge is -2.12. The molecular weight excluding hydrogens is 408 g/mol. The lowest BCUT2D eigenvalue weighted by Crippen LogP contribution is -2.35. The summed E-state index contributed by atoms with van der Waals surface area (Å²) in [6, 6.07) is 15.1. The van der Waals surface area contributed by atoms with E-state index in [1.807, 2.05) is 62.4 Å². The highest BCUT2D eigenvalue weighted by Gasteiger charge is 2.22. The first-order valence-electron chi connectivity index (χ1n) is 10.8. The Labute approximate surface area is 187 Å². The Morgan fingerprint density at radius 3 is 2.59 bits per heavy atom. The van der Waals surface area contributed by atoms with Gasteiger partial charge in [-0.3, -0.25) is 4.79 Å². The van der Waals surface area contributed by atoms with Gasteiger partial charge in [0.1, 0.15) is 29.5 Å². The number of hydrogen-bond acceptors (Lipinski definition) is 6. The van der Waals surface area contributed by atoms with Crippen molar-refractivity contribution in [2.75, 3.05) is 13.2 Å². The van der Waals surface area contributed by atoms with E-state index in [0.717, 1.165) is 23.7 Å². The number of hydrogen-bond donors (Lipinski definition) is 1. The second-order valence-corrected chi connectivity index (χ2v) is 8.16. The van der Waals surface area contributed by atoms with Crippen molar-refractivity contribution in [2.45, 2.75) is 39.7 Å². The average Bonchev–Trinajstić information content (AvgIpc) is 3.52. The summed E-state index contributed by atoms with van der Waals surface area (Å²) in [5.74, 6) is 3.67. The maximum Gasteiger partial charge on any atom is 0.308 e. The lowest BCUT2D eigenvalue weighted by molar-refractivity contribution is -0.119. The summed E-state index contributed by atoms with van der Waals surface area (Å²) in [4.78, 5) is 15.6. The van der Waals surface area contributed by atoms with Gasteiger partial charge in [-0.1, -0.05) is 6.07 Å². The minimum Gasteiger partial charge on any atom is -0.493 e. The van der Waals surface area contributed by atoms with Crippen LogP contribution >= 0.6 is 0 Å². The van der Waals surface area contributed by atoms with Crippen molar-refractivity contribution in [1.82, 2.24) is 10.3 Å². The predicted octanol–water partition coefficient (Wildman–Crippen LogP) is 5.13. The van der Waals surface area contributed by atoms with E-state index in [2.05, 4.69) is 10.3 Å². The highest BCUT2D eigenvalue weighted by Crippen LogP contribution is 2.32. The molecule has 7 nitrogen and oxygen atoms in total. The maximum atomic E-state index is 11.1. The first-order chi connectivity index (χ1) is 15.5. The van der Waals surface area contributed by atoms with Crippen LogP contribution in [0.2, 0.25) is 0 Å². The van der Waals surface area contributed by atoms with Crippen LogP contribution in [0.4, 0.5) is 0 Å². The number of carbonyl (C=O) groups excluding carboxylic acids is 1. The monoisotopic (exact) mass is 436 g/mol. The SMILES string of the molecule is CC(=O)NC(C)COc1oc(-c2ccc(Oc3cccc(OCC4CC4)c3)cc2)nc1C. The van der Waals surface area contributed by atoms with Crippen LogP contribution in [0.1, 0.15) is 32.4 Å². The first kappa shape index (κ1) is 21.7. The molecule has 168 valence electrons. The van der Waals surface area contributed by atoms with Gasteiger partial charge in [-0.05, 0) is 69.0 Å². The number of oxazole rings is 1. The Hall–Kier alpha value is -3.48. The molecule has 1 N–H and O–H groups in total. The van der Waals surface area contributed by atoms with Crippen LogP contribution in [0.3, 0.4) is 0 Å². The normalized spacial score (nSPS) is 14.0. The van der Waals surface area contributed by atoms with Gasteiger partial charge in [-0.2, -0.15) is 0 Å². The van der Waals surface area contributed by atoms with Gasteiger partial charge >= 0.3 is 5.95 Å². The standard InChI is InChI=1S/C25H28N2O5/c1-16(26-18(3)28)14-30-25-17(2)27-24(32-25)20-9-11-21(12-10-20)31-23-6-4-5-22(13-23)29-15-19-7-8-19/h4-6,9-13,16,19H,7-8,14-15H2,1-3H3,(H,26,28). The van der Waals surface area contributed by atoms with Gasteiger partial charge in [0.05, 0.1) is 12.6 Å². The molecule has 2 aromatic carbocycles. The molecule has 3 aromatic rings. The molecule has 7 heteroatoms. The summed E-state index contributed by atoms with van der Waals surface area (Å²) in [5, 5.41) is 2.77. The highest BCUT2D eigenvalue weighted by molar-refractivity contribution is 5.73. The summed E-state index contributed by atoms with van der Waals surface area (Å²) < 4.78 is 23.2. The number of benzene rings is 2. The fourth-order valence-electron chi connectivity index (χ4n) is 3.16. The summed E-state index contributed by atoms with van der Waals surface area (Å²) in [5.41, 5.74) is 1.46. The second-order valence-electron chi connectivity index (χ2n) is 8.16. The number of ether oxygens (including phenoxy) is 3. The minimum atomic E-state index is -0.130. The smallest absolute Gasteiger partial charge is 0.308 e. The number of rotatable bonds is 10. The van der Waals surface area contributed by atoms with Crippen molar-refractivity contribution in [3.63, 3.8) is 0 Å². The van der Waals surface area contributed by atoms with Gasteiger partial charge in [0.2, 0.25) is 11.8 Å². The lowest BCUT2D eigenvalue weighted by atomic mass is 10.2. The van der Waals surface area contributed by atoms with Crippen LogP contribution in [0, 0.1) is 12.8 Å². The number of carbonyl (C=O) groups is 1. The molecule has 1 amide bonds. The quantitative estimate of drug-likeness (QED) is 0.474. The fraction of sp³-hybridized carbons (Fsp3) is 0.360. The Morgan fingerprint density at radius 1 is 1.12 bits per heavy atom. The Morgan fingerprint density at radius 2 is 1.88 bits per heavy atom. The molecule has 1 aliphatic carbocycles. The number of nitrogens with zero attached hydrogens (tertiary/aromatic N) is 1. The minimum absolute atomic E-state index is 0.101. The van der Waals surface area contributed by atoms with Crippen molar-refractivity contribution in [1.29, 1.82) is 0 Å². The molecular formula is C25H28N2O5. The summed E-state index contributed by atoms with van der Waals surface area (Å²) in [7, 11) is 0. The van der Waals surface area contributed by atoms with Crippen LogP contribution in [-0.2, 0) is 4.79 Å². The summed E-state index contributed by atoms with van der Waals surface area (Å²) in [6.45, 7) is 6.22. The molecule has 0 spiro atoms. The van der Waals surface area contributed by atoms with Crippen LogP contribution in [-0.4, -0.2) is 30.1 Å². The Kier molecular flexibility index (Phi) is 6.63. The van der Waals surface area contributed by atoms with Crippen LogP contribution in [0.5, 0.6) is 23.2 Å². The van der Waals surface area contributed by atoms with E-state index in [1.165, 1.54) is 19.8 Å². The van der Waals surface area contributed by atoms with Gasteiger partial charge in [0.15, 0.2) is 0 Å². The molecule has 1 atom stereocenters. The van der Waals surface area contributed by atoms with Gasteiger partial charge in [0.25, 0.3) is 0 Å². The zero-order chi connectivity index (χ0) is 22.5. The van der Waals surface area contributed by atoms with Crippen molar-refractivity contribution in [2.24, 2.45) is 5.92 Å². The zero-order valence-electron chi connectivity index (χ0n) is 18.6. The van der Waals surface area contributed by atoms with Crippen molar-refractivity contribution in [3.05, 3.63) is 54.2 Å². The molecule has 1 unspecified atom stereocenters. The fourth-order valence-corrected chi connectivity index (χ4v) is 3.16. The van der Waals surface area contributed by atoms with Gasteiger partial charge in [-0.25, -0.2) is 4.98 Å². The first-order valence-corrected chi connectivity index (χ1v) is 10.8. The molecule has 1 saturated carbocycles. The van der Waals surface area contributed by atoms with Crippen LogP contribution in [0.15, 0.2) is 52.9 Å². The molecule has 32 heavy (non-hydrogen) atoms. The third-order valence-corrected chi connectivity index (χ3v) is 4.99. The van der Waals surface area contributed by atoms with Crippen molar-refractivity contribution >= 4 is 5.91 Å². The molecule has 1 aromatic heterocycles. The maximum absolute atomic E-state index is 11.1. The Balaban J connectivity index is 1.36. The van der Waals surface area contributed by atoms with Crippen molar-refractivity contribution < 1.29 is 23.4 Å². The zero-order valence-corrected chi connectivity index (χ0v) is 18.6. The predicted molar refractivity (Wildman–Crippen MR) is 120 cm³/mol. The van der Waals surface area contributed by atoms with E-state index in [0.29, 0.717) is 35.8 Å². The van der Waals surface area contributed by atoms with E-state index < -0.39 is 0 Å². The summed E-state index contributed by atoms with van der Waals surface area (Å²) in [6.07, 6.45) is 2.52. The number of nitrogens with one attached hydrogen (secondary N) is 1. The van der Waals surface area contributed by atoms with Gasteiger partial charge in [0, 0.05) is 18.6 Å². The molecule has 0 aliphatic heterocycles. The van der Waals surface area contributed by atoms with Gasteiger partial charge in [-0.15, -0.1) is 0 Å². The molecule has 1 heterocycles. The molecule has 0 saturated heterocycles. The van der Waals surface area contributed by atoms with E-state index in [4.69, 9.17) is 18.6 Å². The third kappa shape index (κ3) is 6.03. The topological polar surface area (TPSA) is 82.8 Å². The number of aromatic nitrogens is 1. The molecule has 0 bridgehead atoms. The Bertz CT molecular complexity index is 1060. The second kappa shape index (κ2) is 9.77. The number of amides is 1. The van der Waals surface area contributed by atoms with E-state index in [9.17, 15) is 4.79 Å². The molecule has 4 rings (SSSR count). The molecule has 1 aliphatic rings. The molecule has 0 radical (unpaired) electrons. The van der Waals surface area contributed by atoms with E-state index >= 15 is 0 Å². The molecule has 1 fully saturated rings. The van der Waals surface area contributed by atoms with E-state index in [-0.39, 0.29) is 11.9 Å². The van der Waals surface area contributed by atoms with Crippen LogP contribution < -0.4 is 19.5 Å². The average molecular weight is 437 g/mol. The summed E-state index contributed by atoms with van der Waals surface area (Å²) >= 11 is 0. The largest absolute Gasteiger partial charge is 0.493 e. The van der Waals surface area contributed by atoms with E-state index in [1.54, 1.807) is 0 Å². The number of aryl methyl sites for hydroxylation is 1. The van der Waals surface area contributed by atoms with Gasteiger partial charge < -0.3 is 23.9 Å². The van der Waals surface area contributed by atoms with Crippen LogP contribution in [0.25, 0.3) is 11.5 Å².